The zero-order chi connectivity index (χ0) is 17.6. The molecular formula is C20H15N3O2. The Bertz CT molecular complexity index is 949. The van der Waals surface area contributed by atoms with Crippen LogP contribution in [0, 0.1) is 11.3 Å². The highest BCUT2D eigenvalue weighted by Gasteiger charge is 2.11. The van der Waals surface area contributed by atoms with Crippen LogP contribution < -0.4 is 5.32 Å². The van der Waals surface area contributed by atoms with Crippen LogP contribution >= 0.6 is 0 Å². The summed E-state index contributed by atoms with van der Waals surface area (Å²) in [5, 5.41) is 21.3. The third-order valence-corrected chi connectivity index (χ3v) is 3.60. The number of rotatable bonds is 4. The summed E-state index contributed by atoms with van der Waals surface area (Å²) in [7, 11) is 0. The molecule has 5 nitrogen and oxygen atoms in total. The van der Waals surface area contributed by atoms with Crippen molar-refractivity contribution in [2.45, 2.75) is 0 Å². The molecule has 0 aliphatic rings. The van der Waals surface area contributed by atoms with E-state index in [9.17, 15) is 15.2 Å². The monoisotopic (exact) mass is 329 g/mol. The largest absolute Gasteiger partial charge is 0.508 e. The van der Waals surface area contributed by atoms with Gasteiger partial charge in [0.25, 0.3) is 5.91 Å². The maximum absolute atomic E-state index is 12.3. The number of hydrogen-bond acceptors (Lipinski definition) is 3. The van der Waals surface area contributed by atoms with Crippen molar-refractivity contribution in [3.05, 3.63) is 84.2 Å². The van der Waals surface area contributed by atoms with Gasteiger partial charge in [-0.15, -0.1) is 0 Å². The number of phenols is 1. The Morgan fingerprint density at radius 1 is 1.04 bits per heavy atom. The maximum Gasteiger partial charge on any atom is 0.266 e. The SMILES string of the molecule is N#C/C(=C/c1cccn1-c1ccccc1)C(=O)Nc1ccc(O)cc1. The Morgan fingerprint density at radius 3 is 2.44 bits per heavy atom. The van der Waals surface area contributed by atoms with E-state index in [2.05, 4.69) is 5.32 Å². The summed E-state index contributed by atoms with van der Waals surface area (Å²) in [6.45, 7) is 0. The molecule has 122 valence electrons. The Morgan fingerprint density at radius 2 is 1.76 bits per heavy atom. The average molecular weight is 329 g/mol. The fourth-order valence-corrected chi connectivity index (χ4v) is 2.38. The van der Waals surface area contributed by atoms with Crippen LogP contribution in [0.2, 0.25) is 0 Å². The third-order valence-electron chi connectivity index (χ3n) is 3.60. The van der Waals surface area contributed by atoms with Gasteiger partial charge in [-0.2, -0.15) is 5.26 Å². The molecule has 25 heavy (non-hydrogen) atoms. The van der Waals surface area contributed by atoms with E-state index in [1.807, 2.05) is 59.3 Å². The van der Waals surface area contributed by atoms with Crippen molar-refractivity contribution in [3.8, 4) is 17.5 Å². The van der Waals surface area contributed by atoms with Crippen molar-refractivity contribution < 1.29 is 9.90 Å². The molecule has 2 N–H and O–H groups in total. The number of benzene rings is 2. The van der Waals surface area contributed by atoms with Crippen molar-refractivity contribution >= 4 is 17.7 Å². The molecule has 1 heterocycles. The molecule has 0 saturated carbocycles. The van der Waals surface area contributed by atoms with E-state index in [1.54, 1.807) is 18.2 Å². The molecule has 0 radical (unpaired) electrons. The van der Waals surface area contributed by atoms with Gasteiger partial charge in [0.05, 0.1) is 0 Å². The zero-order valence-electron chi connectivity index (χ0n) is 13.3. The van der Waals surface area contributed by atoms with Gasteiger partial charge in [-0.3, -0.25) is 4.79 Å². The summed E-state index contributed by atoms with van der Waals surface area (Å²) in [4.78, 5) is 12.3. The topological polar surface area (TPSA) is 78.0 Å². The first-order chi connectivity index (χ1) is 12.2. The first kappa shape index (κ1) is 16.1. The van der Waals surface area contributed by atoms with Gasteiger partial charge in [-0.05, 0) is 54.6 Å². The fourth-order valence-electron chi connectivity index (χ4n) is 2.38. The first-order valence-corrected chi connectivity index (χ1v) is 7.62. The second-order valence-electron chi connectivity index (χ2n) is 5.31. The molecule has 0 atom stereocenters. The molecule has 1 amide bonds. The van der Waals surface area contributed by atoms with E-state index < -0.39 is 5.91 Å². The number of aromatic hydroxyl groups is 1. The second kappa shape index (κ2) is 7.20. The van der Waals surface area contributed by atoms with Crippen LogP contribution in [0.1, 0.15) is 5.69 Å². The molecular weight excluding hydrogens is 314 g/mol. The summed E-state index contributed by atoms with van der Waals surface area (Å²) in [5.41, 5.74) is 2.16. The van der Waals surface area contributed by atoms with Gasteiger partial charge in [-0.1, -0.05) is 18.2 Å². The van der Waals surface area contributed by atoms with E-state index >= 15 is 0 Å². The lowest BCUT2D eigenvalue weighted by molar-refractivity contribution is -0.112. The van der Waals surface area contributed by atoms with Crippen molar-refractivity contribution in [1.29, 1.82) is 5.26 Å². The predicted octanol–water partition coefficient (Wildman–Crippen LogP) is 3.73. The second-order valence-corrected chi connectivity index (χ2v) is 5.31. The lowest BCUT2D eigenvalue weighted by Gasteiger charge is -2.07. The number of amides is 1. The number of phenolic OH excluding ortho intramolecular Hbond substituents is 1. The Hall–Kier alpha value is -3.78. The van der Waals surface area contributed by atoms with Crippen molar-refractivity contribution in [2.24, 2.45) is 0 Å². The third kappa shape index (κ3) is 3.77. The molecule has 0 aliphatic carbocycles. The molecule has 0 fully saturated rings. The van der Waals surface area contributed by atoms with Crippen LogP contribution in [0.25, 0.3) is 11.8 Å². The first-order valence-electron chi connectivity index (χ1n) is 7.62. The molecule has 5 heteroatoms. The maximum atomic E-state index is 12.3. The van der Waals surface area contributed by atoms with Gasteiger partial charge in [0.15, 0.2) is 0 Å². The molecule has 1 aromatic heterocycles. The smallest absolute Gasteiger partial charge is 0.266 e. The normalized spacial score (nSPS) is 10.9. The Kier molecular flexibility index (Phi) is 4.63. The lowest BCUT2D eigenvalue weighted by atomic mass is 10.2. The minimum Gasteiger partial charge on any atom is -0.508 e. The highest BCUT2D eigenvalue weighted by Crippen LogP contribution is 2.17. The minimum atomic E-state index is -0.506. The lowest BCUT2D eigenvalue weighted by Crippen LogP contribution is -2.13. The van der Waals surface area contributed by atoms with E-state index in [1.165, 1.54) is 12.1 Å². The Labute approximate surface area is 145 Å². The van der Waals surface area contributed by atoms with Gasteiger partial charge in [0.1, 0.15) is 17.4 Å². The highest BCUT2D eigenvalue weighted by atomic mass is 16.3. The summed E-state index contributed by atoms with van der Waals surface area (Å²) in [6, 6.07) is 21.3. The average Bonchev–Trinajstić information content (AvgIpc) is 3.10. The molecule has 0 spiro atoms. The number of carbonyl (C=O) groups is 1. The summed E-state index contributed by atoms with van der Waals surface area (Å²) in [6.07, 6.45) is 3.41. The number of para-hydroxylation sites is 1. The summed E-state index contributed by atoms with van der Waals surface area (Å²) >= 11 is 0. The number of nitrogens with one attached hydrogen (secondary N) is 1. The van der Waals surface area contributed by atoms with Crippen LogP contribution in [0.15, 0.2) is 78.5 Å². The molecule has 2 aromatic carbocycles. The number of nitrogens with zero attached hydrogens (tertiary/aromatic N) is 2. The summed E-state index contributed by atoms with van der Waals surface area (Å²) in [5.74, 6) is -0.399. The quantitative estimate of drug-likeness (QED) is 0.435. The Balaban J connectivity index is 1.86. The molecule has 0 bridgehead atoms. The van der Waals surface area contributed by atoms with Crippen LogP contribution in [0.4, 0.5) is 5.69 Å². The number of anilines is 1. The van der Waals surface area contributed by atoms with E-state index in [0.29, 0.717) is 5.69 Å². The number of hydrogen-bond donors (Lipinski definition) is 2. The van der Waals surface area contributed by atoms with Gasteiger partial charge in [0.2, 0.25) is 0 Å². The van der Waals surface area contributed by atoms with Gasteiger partial charge >= 0.3 is 0 Å². The van der Waals surface area contributed by atoms with E-state index in [4.69, 9.17) is 0 Å². The number of nitriles is 1. The molecule has 0 aliphatic heterocycles. The number of aromatic nitrogens is 1. The summed E-state index contributed by atoms with van der Waals surface area (Å²) < 4.78 is 1.89. The van der Waals surface area contributed by atoms with Crippen molar-refractivity contribution in [3.63, 3.8) is 0 Å². The fraction of sp³-hybridized carbons (Fsp3) is 0. The standard InChI is InChI=1S/C20H15N3O2/c21-14-15(20(25)22-16-8-10-19(24)11-9-16)13-18-7-4-12-23(18)17-5-2-1-3-6-17/h1-13,24H,(H,22,25)/b15-13-. The number of carbonyl (C=O) groups excluding carboxylic acids is 1. The van der Waals surface area contributed by atoms with Gasteiger partial charge in [0, 0.05) is 23.3 Å². The highest BCUT2D eigenvalue weighted by molar-refractivity contribution is 6.09. The minimum absolute atomic E-state index is 0.0102. The van der Waals surface area contributed by atoms with Crippen molar-refractivity contribution in [1.82, 2.24) is 4.57 Å². The molecule has 0 unspecified atom stereocenters. The van der Waals surface area contributed by atoms with E-state index in [0.717, 1.165) is 11.4 Å². The van der Waals surface area contributed by atoms with Crippen LogP contribution in [0.5, 0.6) is 5.75 Å². The molecule has 3 rings (SSSR count). The van der Waals surface area contributed by atoms with Gasteiger partial charge < -0.3 is 15.0 Å². The van der Waals surface area contributed by atoms with Crippen LogP contribution in [-0.4, -0.2) is 15.6 Å². The van der Waals surface area contributed by atoms with Crippen LogP contribution in [0.3, 0.4) is 0 Å². The zero-order valence-corrected chi connectivity index (χ0v) is 13.3. The van der Waals surface area contributed by atoms with E-state index in [-0.39, 0.29) is 11.3 Å². The molecule has 0 saturated heterocycles. The van der Waals surface area contributed by atoms with Gasteiger partial charge in [-0.25, -0.2) is 0 Å². The van der Waals surface area contributed by atoms with Crippen LogP contribution in [-0.2, 0) is 4.79 Å². The predicted molar refractivity (Wildman–Crippen MR) is 96.1 cm³/mol. The van der Waals surface area contributed by atoms with Crippen molar-refractivity contribution in [2.75, 3.05) is 5.32 Å². The molecule has 3 aromatic rings.